The summed E-state index contributed by atoms with van der Waals surface area (Å²) >= 11 is 5.75. The summed E-state index contributed by atoms with van der Waals surface area (Å²) < 4.78 is 4.88. The maximum absolute atomic E-state index is 5.75. The maximum Gasteiger partial charge on any atom is 0.230 e. The predicted molar refractivity (Wildman–Crippen MR) is 43.7 cm³/mol. The molecule has 0 radical (unpaired) electrons. The molecule has 0 aliphatic carbocycles. The van der Waals surface area contributed by atoms with Crippen molar-refractivity contribution in [1.29, 1.82) is 0 Å². The lowest BCUT2D eigenvalue weighted by atomic mass is 10.3. The summed E-state index contributed by atoms with van der Waals surface area (Å²) in [6, 6.07) is 1.62. The first-order chi connectivity index (χ1) is 5.29. The van der Waals surface area contributed by atoms with Crippen molar-refractivity contribution in [2.24, 2.45) is 0 Å². The van der Waals surface area contributed by atoms with Gasteiger partial charge in [-0.25, -0.2) is 4.98 Å². The molecule has 0 N–H and O–H groups in total. The smallest absolute Gasteiger partial charge is 0.230 e. The van der Waals surface area contributed by atoms with E-state index in [9.17, 15) is 0 Å². The van der Waals surface area contributed by atoms with Crippen LogP contribution in [-0.2, 0) is 0 Å². The van der Waals surface area contributed by atoms with Crippen molar-refractivity contribution < 1.29 is 4.74 Å². The van der Waals surface area contributed by atoms with Crippen molar-refractivity contribution in [2.45, 2.75) is 0 Å². The minimum Gasteiger partial charge on any atom is -0.480 e. The number of terminal acetylenes is 1. The van der Waals surface area contributed by atoms with Crippen LogP contribution in [0.1, 0.15) is 5.56 Å². The molecule has 3 heteroatoms. The van der Waals surface area contributed by atoms with Gasteiger partial charge >= 0.3 is 0 Å². The van der Waals surface area contributed by atoms with E-state index in [0.29, 0.717) is 16.5 Å². The van der Waals surface area contributed by atoms with Crippen LogP contribution in [-0.4, -0.2) is 12.1 Å². The van der Waals surface area contributed by atoms with Crippen molar-refractivity contribution >= 4 is 11.6 Å². The first-order valence-electron chi connectivity index (χ1n) is 2.94. The highest BCUT2D eigenvalue weighted by molar-refractivity contribution is 6.31. The van der Waals surface area contributed by atoms with Crippen LogP contribution in [0.4, 0.5) is 0 Å². The molecule has 0 amide bonds. The van der Waals surface area contributed by atoms with E-state index in [-0.39, 0.29) is 0 Å². The minimum atomic E-state index is 0.389. The molecule has 0 saturated heterocycles. The average Bonchev–Trinajstić information content (AvgIpc) is 2.04. The number of pyridine rings is 1. The Bertz CT molecular complexity index is 303. The van der Waals surface area contributed by atoms with Crippen molar-refractivity contribution in [3.05, 3.63) is 22.8 Å². The molecule has 1 rings (SSSR count). The molecule has 11 heavy (non-hydrogen) atoms. The number of halogens is 1. The Hall–Kier alpha value is -1.20. The molecule has 2 nitrogen and oxygen atoms in total. The topological polar surface area (TPSA) is 22.1 Å². The van der Waals surface area contributed by atoms with Gasteiger partial charge in [0.2, 0.25) is 5.88 Å². The van der Waals surface area contributed by atoms with Gasteiger partial charge in [0, 0.05) is 6.20 Å². The van der Waals surface area contributed by atoms with Gasteiger partial charge in [-0.15, -0.1) is 6.42 Å². The standard InChI is InChI=1S/C8H6ClNO/c1-3-6-7(9)4-5-10-8(6)11-2/h1,4-5H,2H3. The summed E-state index contributed by atoms with van der Waals surface area (Å²) in [5, 5.41) is 0.486. The van der Waals surface area contributed by atoms with Crippen LogP contribution in [0.15, 0.2) is 12.3 Å². The van der Waals surface area contributed by atoms with E-state index >= 15 is 0 Å². The second-order valence-electron chi connectivity index (χ2n) is 1.82. The quantitative estimate of drug-likeness (QED) is 0.595. The molecular weight excluding hydrogens is 162 g/mol. The summed E-state index contributed by atoms with van der Waals surface area (Å²) in [4.78, 5) is 3.88. The van der Waals surface area contributed by atoms with Crippen molar-refractivity contribution in [2.75, 3.05) is 7.11 Å². The third kappa shape index (κ3) is 1.44. The Labute approximate surface area is 70.2 Å². The first kappa shape index (κ1) is 7.90. The number of rotatable bonds is 1. The molecule has 0 unspecified atom stereocenters. The first-order valence-corrected chi connectivity index (χ1v) is 3.32. The second-order valence-corrected chi connectivity index (χ2v) is 2.23. The highest BCUT2D eigenvalue weighted by atomic mass is 35.5. The average molecular weight is 168 g/mol. The summed E-state index contributed by atoms with van der Waals surface area (Å²) in [6.07, 6.45) is 6.72. The Morgan fingerprint density at radius 1 is 1.73 bits per heavy atom. The van der Waals surface area contributed by atoms with Gasteiger partial charge in [0.1, 0.15) is 5.56 Å². The SMILES string of the molecule is C#Cc1c(Cl)ccnc1OC. The van der Waals surface area contributed by atoms with E-state index in [1.165, 1.54) is 7.11 Å². The molecule has 0 atom stereocenters. The van der Waals surface area contributed by atoms with Gasteiger partial charge in [-0.1, -0.05) is 17.5 Å². The van der Waals surface area contributed by atoms with Crippen molar-refractivity contribution in [3.63, 3.8) is 0 Å². The number of nitrogens with zero attached hydrogens (tertiary/aromatic N) is 1. The molecule has 0 aromatic carbocycles. The number of ether oxygens (including phenoxy) is 1. The fourth-order valence-corrected chi connectivity index (χ4v) is 0.898. The van der Waals surface area contributed by atoms with Crippen LogP contribution in [0.3, 0.4) is 0 Å². The maximum atomic E-state index is 5.75. The van der Waals surface area contributed by atoms with Gasteiger partial charge in [-0.3, -0.25) is 0 Å². The predicted octanol–water partition coefficient (Wildman–Crippen LogP) is 1.72. The molecule has 0 aliphatic heterocycles. The molecule has 1 aromatic heterocycles. The molecule has 0 spiro atoms. The van der Waals surface area contributed by atoms with Crippen molar-refractivity contribution in [3.8, 4) is 18.2 Å². The van der Waals surface area contributed by atoms with Gasteiger partial charge in [0.15, 0.2) is 0 Å². The van der Waals surface area contributed by atoms with Crippen LogP contribution in [0.2, 0.25) is 5.02 Å². The van der Waals surface area contributed by atoms with Crippen LogP contribution in [0, 0.1) is 12.3 Å². The molecule has 0 bridgehead atoms. The lowest BCUT2D eigenvalue weighted by Crippen LogP contribution is -1.91. The van der Waals surface area contributed by atoms with E-state index in [2.05, 4.69) is 10.9 Å². The Kier molecular flexibility index (Phi) is 2.35. The lowest BCUT2D eigenvalue weighted by Gasteiger charge is -2.01. The minimum absolute atomic E-state index is 0.389. The van der Waals surface area contributed by atoms with Gasteiger partial charge in [0.05, 0.1) is 12.1 Å². The monoisotopic (exact) mass is 167 g/mol. The highest BCUT2D eigenvalue weighted by Crippen LogP contribution is 2.21. The highest BCUT2D eigenvalue weighted by Gasteiger charge is 2.04. The molecule has 0 saturated carbocycles. The molecular formula is C8H6ClNO. The fraction of sp³-hybridized carbons (Fsp3) is 0.125. The van der Waals surface area contributed by atoms with Crippen LogP contribution < -0.4 is 4.74 Å². The summed E-state index contributed by atoms with van der Waals surface area (Å²) in [5.41, 5.74) is 0.497. The van der Waals surface area contributed by atoms with Crippen LogP contribution in [0.25, 0.3) is 0 Å². The van der Waals surface area contributed by atoms with E-state index in [1.54, 1.807) is 12.3 Å². The van der Waals surface area contributed by atoms with E-state index in [4.69, 9.17) is 22.8 Å². The molecule has 1 heterocycles. The molecule has 1 aromatic rings. The fourth-order valence-electron chi connectivity index (χ4n) is 0.706. The Morgan fingerprint density at radius 3 is 2.91 bits per heavy atom. The van der Waals surface area contributed by atoms with E-state index in [1.807, 2.05) is 0 Å². The number of aromatic nitrogens is 1. The Morgan fingerprint density at radius 2 is 2.45 bits per heavy atom. The van der Waals surface area contributed by atoms with Gasteiger partial charge < -0.3 is 4.74 Å². The van der Waals surface area contributed by atoms with E-state index in [0.717, 1.165) is 0 Å². The van der Waals surface area contributed by atoms with E-state index < -0.39 is 0 Å². The zero-order chi connectivity index (χ0) is 8.27. The summed E-state index contributed by atoms with van der Waals surface area (Å²) in [5.74, 6) is 2.78. The molecule has 56 valence electrons. The summed E-state index contributed by atoms with van der Waals surface area (Å²) in [6.45, 7) is 0. The Balaban J connectivity index is 3.27. The van der Waals surface area contributed by atoms with Gasteiger partial charge in [-0.05, 0) is 6.07 Å². The third-order valence-corrected chi connectivity index (χ3v) is 1.52. The summed E-state index contributed by atoms with van der Waals surface area (Å²) in [7, 11) is 1.50. The molecule has 0 aliphatic rings. The van der Waals surface area contributed by atoms with Gasteiger partial charge in [0.25, 0.3) is 0 Å². The largest absolute Gasteiger partial charge is 0.480 e. The number of hydrogen-bond donors (Lipinski definition) is 0. The van der Waals surface area contributed by atoms with Crippen LogP contribution in [0.5, 0.6) is 5.88 Å². The normalized spacial score (nSPS) is 8.82. The van der Waals surface area contributed by atoms with Gasteiger partial charge in [-0.2, -0.15) is 0 Å². The number of methoxy groups -OCH3 is 1. The van der Waals surface area contributed by atoms with Crippen LogP contribution >= 0.6 is 11.6 Å². The lowest BCUT2D eigenvalue weighted by molar-refractivity contribution is 0.396. The zero-order valence-electron chi connectivity index (χ0n) is 5.97. The van der Waals surface area contributed by atoms with Crippen molar-refractivity contribution in [1.82, 2.24) is 4.98 Å². The third-order valence-electron chi connectivity index (χ3n) is 1.20. The zero-order valence-corrected chi connectivity index (χ0v) is 6.72. The molecule has 0 fully saturated rings. The number of hydrogen-bond acceptors (Lipinski definition) is 2. The second kappa shape index (κ2) is 3.27.